The molecule has 0 unspecified atom stereocenters. The van der Waals surface area contributed by atoms with E-state index in [2.05, 4.69) is 5.16 Å². The molecule has 2 aromatic heterocycles. The second-order valence-electron chi connectivity index (χ2n) is 6.23. The molecular formula is C21H14ClNO6. The number of hydrogen-bond donors (Lipinski definition) is 0. The molecule has 0 atom stereocenters. The molecule has 0 bridgehead atoms. The molecule has 7 nitrogen and oxygen atoms in total. The normalized spacial score (nSPS) is 10.9. The van der Waals surface area contributed by atoms with E-state index in [1.807, 2.05) is 0 Å². The molecule has 4 aromatic rings. The van der Waals surface area contributed by atoms with E-state index in [1.165, 1.54) is 24.5 Å². The lowest BCUT2D eigenvalue weighted by atomic mass is 10.2. The van der Waals surface area contributed by atoms with Gasteiger partial charge < -0.3 is 18.4 Å². The average molecular weight is 412 g/mol. The molecule has 0 radical (unpaired) electrons. The number of ether oxygens (including phenoxy) is 2. The Kier molecular flexibility index (Phi) is 4.82. The van der Waals surface area contributed by atoms with Crippen LogP contribution in [-0.2, 0) is 0 Å². The van der Waals surface area contributed by atoms with Crippen molar-refractivity contribution < 1.29 is 23.2 Å². The summed E-state index contributed by atoms with van der Waals surface area (Å²) in [6, 6.07) is 11.1. The Hall–Kier alpha value is -3.58. The van der Waals surface area contributed by atoms with Crippen molar-refractivity contribution >= 4 is 28.5 Å². The van der Waals surface area contributed by atoms with Gasteiger partial charge in [0.25, 0.3) is 0 Å². The number of carbonyl (C=O) groups is 1. The summed E-state index contributed by atoms with van der Waals surface area (Å²) in [5.41, 5.74) is 0.592. The van der Waals surface area contributed by atoms with Crippen LogP contribution in [0, 0.1) is 13.8 Å². The van der Waals surface area contributed by atoms with Crippen LogP contribution in [0.1, 0.15) is 21.8 Å². The van der Waals surface area contributed by atoms with Crippen LogP contribution in [0.15, 0.2) is 62.5 Å². The van der Waals surface area contributed by atoms with Gasteiger partial charge in [-0.15, -0.1) is 0 Å². The molecule has 2 aromatic carbocycles. The number of halogens is 1. The summed E-state index contributed by atoms with van der Waals surface area (Å²) in [5, 5.41) is 4.58. The van der Waals surface area contributed by atoms with Crippen molar-refractivity contribution in [2.45, 2.75) is 13.8 Å². The summed E-state index contributed by atoms with van der Waals surface area (Å²) in [6.07, 6.45) is 1.21. The molecule has 4 rings (SSSR count). The monoisotopic (exact) mass is 411 g/mol. The van der Waals surface area contributed by atoms with Gasteiger partial charge in [-0.05, 0) is 50.2 Å². The molecule has 0 spiro atoms. The number of benzene rings is 2. The Morgan fingerprint density at radius 3 is 2.48 bits per heavy atom. The third-order valence-electron chi connectivity index (χ3n) is 4.20. The molecule has 0 N–H and O–H groups in total. The zero-order valence-corrected chi connectivity index (χ0v) is 16.1. The molecule has 0 saturated carbocycles. The second-order valence-corrected chi connectivity index (χ2v) is 6.67. The molecule has 146 valence electrons. The molecule has 0 amide bonds. The predicted molar refractivity (Wildman–Crippen MR) is 105 cm³/mol. The summed E-state index contributed by atoms with van der Waals surface area (Å²) >= 11 is 5.84. The summed E-state index contributed by atoms with van der Waals surface area (Å²) in [7, 11) is 0. The van der Waals surface area contributed by atoms with E-state index in [-0.39, 0.29) is 33.5 Å². The van der Waals surface area contributed by atoms with E-state index >= 15 is 0 Å². The topological polar surface area (TPSA) is 91.8 Å². The molecule has 0 aliphatic rings. The lowest BCUT2D eigenvalue weighted by Crippen LogP contribution is -2.11. The Bertz CT molecular complexity index is 1250. The highest BCUT2D eigenvalue weighted by molar-refractivity contribution is 6.30. The first-order valence-corrected chi connectivity index (χ1v) is 8.94. The van der Waals surface area contributed by atoms with Gasteiger partial charge in [-0.25, -0.2) is 4.79 Å². The Balaban J connectivity index is 1.61. The molecule has 2 heterocycles. The maximum absolute atomic E-state index is 12.7. The maximum atomic E-state index is 12.7. The molecular weight excluding hydrogens is 398 g/mol. The number of rotatable bonds is 4. The fourth-order valence-corrected chi connectivity index (χ4v) is 2.91. The van der Waals surface area contributed by atoms with E-state index < -0.39 is 5.97 Å². The zero-order chi connectivity index (χ0) is 20.5. The van der Waals surface area contributed by atoms with E-state index in [9.17, 15) is 9.59 Å². The molecule has 8 heteroatoms. The molecule has 29 heavy (non-hydrogen) atoms. The van der Waals surface area contributed by atoms with Crippen LogP contribution in [0.25, 0.3) is 11.0 Å². The highest BCUT2D eigenvalue weighted by Gasteiger charge is 2.20. The number of hydrogen-bond acceptors (Lipinski definition) is 7. The molecule has 0 aliphatic heterocycles. The first kappa shape index (κ1) is 18.8. The minimum absolute atomic E-state index is 0.0280. The third kappa shape index (κ3) is 3.72. The second kappa shape index (κ2) is 7.44. The average Bonchev–Trinajstić information content (AvgIpc) is 3.04. The lowest BCUT2D eigenvalue weighted by Gasteiger charge is -2.07. The van der Waals surface area contributed by atoms with Gasteiger partial charge in [-0.1, -0.05) is 16.8 Å². The van der Waals surface area contributed by atoms with Crippen LogP contribution >= 0.6 is 11.6 Å². The smallest absolute Gasteiger partial charge is 0.349 e. The quantitative estimate of drug-likeness (QED) is 0.342. The minimum atomic E-state index is -0.606. The van der Waals surface area contributed by atoms with Crippen LogP contribution in [0.2, 0.25) is 5.02 Å². The van der Waals surface area contributed by atoms with Crippen molar-refractivity contribution in [2.75, 3.05) is 0 Å². The highest BCUT2D eigenvalue weighted by atomic mass is 35.5. The van der Waals surface area contributed by atoms with Crippen LogP contribution in [0.5, 0.6) is 17.2 Å². The van der Waals surface area contributed by atoms with Gasteiger partial charge in [0.1, 0.15) is 34.7 Å². The van der Waals surface area contributed by atoms with Crippen LogP contribution in [-0.4, -0.2) is 11.1 Å². The summed E-state index contributed by atoms with van der Waals surface area (Å²) in [4.78, 5) is 25.0. The first-order valence-electron chi connectivity index (χ1n) is 8.56. The summed E-state index contributed by atoms with van der Waals surface area (Å²) in [6.45, 7) is 3.27. The minimum Gasteiger partial charge on any atom is -0.460 e. The molecule has 0 fully saturated rings. The van der Waals surface area contributed by atoms with E-state index in [4.69, 9.17) is 30.0 Å². The van der Waals surface area contributed by atoms with Crippen molar-refractivity contribution in [2.24, 2.45) is 0 Å². The predicted octanol–water partition coefficient (Wildman–Crippen LogP) is 5.06. The van der Waals surface area contributed by atoms with Crippen molar-refractivity contribution in [1.29, 1.82) is 0 Å². The van der Waals surface area contributed by atoms with Crippen molar-refractivity contribution in [3.05, 3.63) is 81.0 Å². The van der Waals surface area contributed by atoms with Gasteiger partial charge in [-0.3, -0.25) is 4.79 Å². The number of aryl methyl sites for hydroxylation is 2. The fourth-order valence-electron chi connectivity index (χ4n) is 2.79. The van der Waals surface area contributed by atoms with Gasteiger partial charge in [0, 0.05) is 11.1 Å². The highest BCUT2D eigenvalue weighted by Crippen LogP contribution is 2.25. The Morgan fingerprint density at radius 2 is 1.79 bits per heavy atom. The van der Waals surface area contributed by atoms with Crippen LogP contribution in [0.4, 0.5) is 0 Å². The Labute approximate surface area is 169 Å². The van der Waals surface area contributed by atoms with Gasteiger partial charge in [0.15, 0.2) is 0 Å². The van der Waals surface area contributed by atoms with Gasteiger partial charge >= 0.3 is 5.97 Å². The van der Waals surface area contributed by atoms with Crippen molar-refractivity contribution in [3.8, 4) is 17.2 Å². The Morgan fingerprint density at radius 1 is 1.07 bits per heavy atom. The van der Waals surface area contributed by atoms with Crippen molar-refractivity contribution in [3.63, 3.8) is 0 Å². The number of nitrogens with zero attached hydrogens (tertiary/aromatic N) is 1. The zero-order valence-electron chi connectivity index (χ0n) is 15.4. The largest absolute Gasteiger partial charge is 0.460 e. The van der Waals surface area contributed by atoms with Crippen LogP contribution in [0.3, 0.4) is 0 Å². The summed E-state index contributed by atoms with van der Waals surface area (Å²) < 4.78 is 21.4. The van der Waals surface area contributed by atoms with Crippen molar-refractivity contribution in [1.82, 2.24) is 5.16 Å². The number of aromatic nitrogens is 1. The summed E-state index contributed by atoms with van der Waals surface area (Å²) in [5.74, 6) is 0.456. The fraction of sp³-hybridized carbons (Fsp3) is 0.0952. The van der Waals surface area contributed by atoms with Crippen LogP contribution < -0.4 is 14.9 Å². The maximum Gasteiger partial charge on any atom is 0.349 e. The standard InChI is InChI=1S/C21H14ClNO6/c1-11-19(12(2)29-23-11)21(25)28-15-7-8-16-17(9-15)26-10-18(20(16)24)27-14-5-3-13(22)4-6-14/h3-10H,1-2H3. The number of fused-ring (bicyclic) bond motifs is 1. The third-order valence-corrected chi connectivity index (χ3v) is 4.46. The van der Waals surface area contributed by atoms with Gasteiger partial charge in [0.2, 0.25) is 11.2 Å². The number of esters is 1. The SMILES string of the molecule is Cc1noc(C)c1C(=O)Oc1ccc2c(=O)c(Oc3ccc(Cl)cc3)coc2c1. The molecule has 0 aliphatic carbocycles. The van der Waals surface area contributed by atoms with Gasteiger partial charge in [0.05, 0.1) is 11.1 Å². The van der Waals surface area contributed by atoms with E-state index in [0.29, 0.717) is 22.2 Å². The first-order chi connectivity index (χ1) is 13.9. The van der Waals surface area contributed by atoms with E-state index in [1.54, 1.807) is 38.1 Å². The molecule has 0 saturated heterocycles. The van der Waals surface area contributed by atoms with Gasteiger partial charge in [-0.2, -0.15) is 0 Å². The lowest BCUT2D eigenvalue weighted by molar-refractivity contribution is 0.0732. The number of carbonyl (C=O) groups excluding carboxylic acids is 1. The van der Waals surface area contributed by atoms with E-state index in [0.717, 1.165) is 0 Å².